The van der Waals surface area contributed by atoms with Crippen molar-refractivity contribution in [2.24, 2.45) is 5.92 Å². The molecule has 0 radical (unpaired) electrons. The average Bonchev–Trinajstić information content (AvgIpc) is 3.05. The Morgan fingerprint density at radius 1 is 1.44 bits per heavy atom. The molecule has 18 heavy (non-hydrogen) atoms. The molecule has 0 atom stereocenters. The summed E-state index contributed by atoms with van der Waals surface area (Å²) in [6.07, 6.45) is 4.90. The maximum atomic E-state index is 12.0. The van der Waals surface area contributed by atoms with E-state index in [9.17, 15) is 8.42 Å². The second-order valence-electron chi connectivity index (χ2n) is 4.83. The third-order valence-electron chi connectivity index (χ3n) is 3.03. The molecular formula is C12H21N3O2S. The van der Waals surface area contributed by atoms with Gasteiger partial charge in [-0.15, -0.1) is 0 Å². The number of hydrogen-bond donors (Lipinski definition) is 3. The number of aromatic amines is 1. The van der Waals surface area contributed by atoms with Crippen molar-refractivity contribution in [3.05, 3.63) is 18.0 Å². The van der Waals surface area contributed by atoms with Gasteiger partial charge in [-0.2, -0.15) is 0 Å². The van der Waals surface area contributed by atoms with Gasteiger partial charge in [-0.1, -0.05) is 6.92 Å². The van der Waals surface area contributed by atoms with Crippen LogP contribution in [-0.4, -0.2) is 26.5 Å². The molecular weight excluding hydrogens is 250 g/mol. The Hall–Kier alpha value is -0.850. The van der Waals surface area contributed by atoms with Gasteiger partial charge < -0.3 is 10.3 Å². The normalized spacial score (nSPS) is 16.1. The molecule has 1 aromatic heterocycles. The summed E-state index contributed by atoms with van der Waals surface area (Å²) in [4.78, 5) is 3.32. The highest BCUT2D eigenvalue weighted by Crippen LogP contribution is 2.28. The zero-order valence-electron chi connectivity index (χ0n) is 10.7. The van der Waals surface area contributed by atoms with Crippen LogP contribution >= 0.6 is 0 Å². The van der Waals surface area contributed by atoms with Crippen LogP contribution in [-0.2, 0) is 16.6 Å². The van der Waals surface area contributed by atoms with Gasteiger partial charge in [0.2, 0.25) is 10.0 Å². The highest BCUT2D eigenvalue weighted by atomic mass is 32.2. The van der Waals surface area contributed by atoms with Crippen LogP contribution in [0.5, 0.6) is 0 Å². The molecule has 1 aliphatic carbocycles. The fraction of sp³-hybridized carbons (Fsp3) is 0.667. The predicted molar refractivity (Wildman–Crippen MR) is 70.7 cm³/mol. The topological polar surface area (TPSA) is 74.0 Å². The van der Waals surface area contributed by atoms with Gasteiger partial charge in [0.15, 0.2) is 0 Å². The van der Waals surface area contributed by atoms with E-state index in [2.05, 4.69) is 21.9 Å². The van der Waals surface area contributed by atoms with Gasteiger partial charge in [-0.25, -0.2) is 13.1 Å². The van der Waals surface area contributed by atoms with Crippen LogP contribution in [0.15, 0.2) is 17.2 Å². The second kappa shape index (κ2) is 5.86. The van der Waals surface area contributed by atoms with Crippen molar-refractivity contribution in [1.82, 2.24) is 15.0 Å². The third-order valence-corrected chi connectivity index (χ3v) is 4.43. The molecule has 6 heteroatoms. The van der Waals surface area contributed by atoms with Crippen molar-refractivity contribution >= 4 is 10.0 Å². The molecule has 1 heterocycles. The van der Waals surface area contributed by atoms with E-state index in [0.717, 1.165) is 31.5 Å². The van der Waals surface area contributed by atoms with Crippen molar-refractivity contribution in [2.45, 2.75) is 37.6 Å². The molecule has 5 nitrogen and oxygen atoms in total. The maximum absolute atomic E-state index is 12.0. The van der Waals surface area contributed by atoms with Crippen molar-refractivity contribution in [1.29, 1.82) is 0 Å². The van der Waals surface area contributed by atoms with Gasteiger partial charge >= 0.3 is 0 Å². The van der Waals surface area contributed by atoms with E-state index >= 15 is 0 Å². The summed E-state index contributed by atoms with van der Waals surface area (Å²) in [5, 5.41) is 3.23. The number of aromatic nitrogens is 1. The minimum Gasteiger partial charge on any atom is -0.363 e. The third kappa shape index (κ3) is 3.83. The first-order chi connectivity index (χ1) is 8.62. The summed E-state index contributed by atoms with van der Waals surface area (Å²) in [5.74, 6) is 0.546. The molecule has 0 bridgehead atoms. The van der Waals surface area contributed by atoms with Crippen LogP contribution < -0.4 is 10.0 Å². The fourth-order valence-electron chi connectivity index (χ4n) is 1.71. The van der Waals surface area contributed by atoms with Crippen molar-refractivity contribution in [3.8, 4) is 0 Å². The number of rotatable bonds is 8. The lowest BCUT2D eigenvalue weighted by Gasteiger charge is -2.03. The molecule has 1 aliphatic rings. The summed E-state index contributed by atoms with van der Waals surface area (Å²) in [6, 6.07) is 1.69. The van der Waals surface area contributed by atoms with Crippen LogP contribution in [0.1, 0.15) is 31.9 Å². The largest absolute Gasteiger partial charge is 0.363 e. The number of nitrogens with one attached hydrogen (secondary N) is 3. The van der Waals surface area contributed by atoms with Crippen molar-refractivity contribution in [2.75, 3.05) is 13.1 Å². The van der Waals surface area contributed by atoms with E-state index < -0.39 is 10.0 Å². The first kappa shape index (κ1) is 13.6. The Balaban J connectivity index is 1.90. The lowest BCUT2D eigenvalue weighted by atomic mass is 10.4. The molecule has 1 fully saturated rings. The molecule has 0 amide bonds. The number of hydrogen-bond acceptors (Lipinski definition) is 3. The van der Waals surface area contributed by atoms with E-state index in [1.54, 1.807) is 12.3 Å². The summed E-state index contributed by atoms with van der Waals surface area (Å²) in [6.45, 7) is 4.27. The van der Waals surface area contributed by atoms with Crippen LogP contribution in [0.3, 0.4) is 0 Å². The average molecular weight is 271 g/mol. The molecule has 1 saturated carbocycles. The first-order valence-electron chi connectivity index (χ1n) is 6.49. The highest BCUT2D eigenvalue weighted by molar-refractivity contribution is 7.89. The SMILES string of the molecule is CCCNCc1cc(S(=O)(=O)NCC2CC2)c[nH]1. The quantitative estimate of drug-likeness (QED) is 0.622. The Kier molecular flexibility index (Phi) is 4.42. The number of H-pyrrole nitrogens is 1. The van der Waals surface area contributed by atoms with E-state index in [-0.39, 0.29) is 0 Å². The molecule has 3 N–H and O–H groups in total. The minimum atomic E-state index is -3.33. The zero-order chi connectivity index (χ0) is 13.0. The maximum Gasteiger partial charge on any atom is 0.242 e. The summed E-state index contributed by atoms with van der Waals surface area (Å²) in [5.41, 5.74) is 0.898. The van der Waals surface area contributed by atoms with Crippen molar-refractivity contribution < 1.29 is 8.42 Å². The van der Waals surface area contributed by atoms with E-state index in [1.165, 1.54) is 0 Å². The molecule has 2 rings (SSSR count). The summed E-state index contributed by atoms with van der Waals surface area (Å²) in [7, 11) is -3.33. The van der Waals surface area contributed by atoms with E-state index in [4.69, 9.17) is 0 Å². The second-order valence-corrected chi connectivity index (χ2v) is 6.60. The molecule has 0 aliphatic heterocycles. The standard InChI is InChI=1S/C12H21N3O2S/c1-2-5-13-8-11-6-12(9-14-11)18(16,17)15-7-10-3-4-10/h6,9-10,13-15H,2-5,7-8H2,1H3. The van der Waals surface area contributed by atoms with Gasteiger partial charge in [0.05, 0.1) is 4.90 Å². The summed E-state index contributed by atoms with van der Waals surface area (Å²) >= 11 is 0. The fourth-order valence-corrected chi connectivity index (χ4v) is 2.84. The Labute approximate surface area is 108 Å². The smallest absolute Gasteiger partial charge is 0.242 e. The molecule has 0 saturated heterocycles. The van der Waals surface area contributed by atoms with E-state index in [1.807, 2.05) is 0 Å². The van der Waals surface area contributed by atoms with Gasteiger partial charge in [0, 0.05) is 25.0 Å². The van der Waals surface area contributed by atoms with Crippen LogP contribution in [0, 0.1) is 5.92 Å². The number of sulfonamides is 1. The molecule has 0 spiro atoms. The van der Waals surface area contributed by atoms with Crippen LogP contribution in [0.2, 0.25) is 0 Å². The first-order valence-corrected chi connectivity index (χ1v) is 7.98. The predicted octanol–water partition coefficient (Wildman–Crippen LogP) is 1.20. The Bertz CT molecular complexity index is 477. The van der Waals surface area contributed by atoms with Gasteiger partial charge in [-0.05, 0) is 37.8 Å². The zero-order valence-corrected chi connectivity index (χ0v) is 11.5. The summed E-state index contributed by atoms with van der Waals surface area (Å²) < 4.78 is 26.6. The highest BCUT2D eigenvalue weighted by Gasteiger charge is 2.24. The van der Waals surface area contributed by atoms with E-state index in [0.29, 0.717) is 23.9 Å². The molecule has 1 aromatic rings. The Morgan fingerprint density at radius 3 is 2.89 bits per heavy atom. The Morgan fingerprint density at radius 2 is 2.22 bits per heavy atom. The molecule has 0 unspecified atom stereocenters. The minimum absolute atomic E-state index is 0.330. The monoisotopic (exact) mass is 271 g/mol. The van der Waals surface area contributed by atoms with Crippen LogP contribution in [0.4, 0.5) is 0 Å². The van der Waals surface area contributed by atoms with Crippen LogP contribution in [0.25, 0.3) is 0 Å². The van der Waals surface area contributed by atoms with Gasteiger partial charge in [-0.3, -0.25) is 0 Å². The lowest BCUT2D eigenvalue weighted by Crippen LogP contribution is -2.25. The lowest BCUT2D eigenvalue weighted by molar-refractivity contribution is 0.577. The van der Waals surface area contributed by atoms with Crippen molar-refractivity contribution in [3.63, 3.8) is 0 Å². The molecule has 102 valence electrons. The molecule has 0 aromatic carbocycles. The van der Waals surface area contributed by atoms with Gasteiger partial charge in [0.1, 0.15) is 0 Å². The van der Waals surface area contributed by atoms with Gasteiger partial charge in [0.25, 0.3) is 0 Å².